The average Bonchev–Trinajstić information content (AvgIpc) is 2.68. The number of benzene rings is 1. The summed E-state index contributed by atoms with van der Waals surface area (Å²) in [6.45, 7) is 3.73. The summed E-state index contributed by atoms with van der Waals surface area (Å²) in [7, 11) is 0. The molecule has 0 fully saturated rings. The molecule has 2 rings (SSSR count). The van der Waals surface area contributed by atoms with Gasteiger partial charge in [0.25, 0.3) is 11.7 Å². The van der Waals surface area contributed by atoms with Crippen LogP contribution in [0.2, 0.25) is 0 Å². The quantitative estimate of drug-likeness (QED) is 0.640. The predicted octanol–water partition coefficient (Wildman–Crippen LogP) is 1.88. The summed E-state index contributed by atoms with van der Waals surface area (Å²) in [6.07, 6.45) is 1.55. The van der Waals surface area contributed by atoms with E-state index in [1.54, 1.807) is 0 Å². The number of hydrogen-bond acceptors (Lipinski definition) is 3. The molecule has 0 atom stereocenters. The number of amides is 1. The molecule has 0 spiro atoms. The fourth-order valence-electron chi connectivity index (χ4n) is 2.23. The molecule has 1 N–H and O–H groups in total. The normalized spacial score (nSPS) is 14.1. The largest absolute Gasteiger partial charge is 0.317 e. The Labute approximate surface area is 115 Å². The summed E-state index contributed by atoms with van der Waals surface area (Å²) >= 11 is 0. The van der Waals surface area contributed by atoms with E-state index >= 15 is 0 Å². The summed E-state index contributed by atoms with van der Waals surface area (Å²) in [5.74, 6) is -3.44. The van der Waals surface area contributed by atoms with Gasteiger partial charge in [-0.1, -0.05) is 6.92 Å². The van der Waals surface area contributed by atoms with Crippen molar-refractivity contribution in [2.24, 2.45) is 0 Å². The van der Waals surface area contributed by atoms with Crippen LogP contribution in [0.25, 0.3) is 0 Å². The summed E-state index contributed by atoms with van der Waals surface area (Å²) in [5.41, 5.74) is -0.674. The number of fused-ring (bicyclic) bond motifs is 1. The van der Waals surface area contributed by atoms with Crippen molar-refractivity contribution in [1.82, 2.24) is 5.32 Å². The number of halogens is 2. The molecule has 108 valence electrons. The molecule has 6 heteroatoms. The van der Waals surface area contributed by atoms with Crippen LogP contribution >= 0.6 is 0 Å². The van der Waals surface area contributed by atoms with Crippen LogP contribution in [0.15, 0.2) is 12.1 Å². The zero-order chi connectivity index (χ0) is 14.7. The molecule has 1 aromatic rings. The van der Waals surface area contributed by atoms with Gasteiger partial charge in [0.1, 0.15) is 11.6 Å². The van der Waals surface area contributed by atoms with Crippen molar-refractivity contribution < 1.29 is 18.4 Å². The van der Waals surface area contributed by atoms with Gasteiger partial charge in [-0.3, -0.25) is 9.59 Å². The molecule has 0 saturated carbocycles. The van der Waals surface area contributed by atoms with E-state index in [-0.39, 0.29) is 12.2 Å². The monoisotopic (exact) mass is 282 g/mol. The Morgan fingerprint density at radius 3 is 2.55 bits per heavy atom. The number of nitrogens with one attached hydrogen (secondary N) is 1. The maximum Gasteiger partial charge on any atom is 0.299 e. The number of rotatable bonds is 6. The van der Waals surface area contributed by atoms with Crippen molar-refractivity contribution in [3.05, 3.63) is 29.3 Å². The fraction of sp³-hybridized carbons (Fsp3) is 0.429. The fourth-order valence-corrected chi connectivity index (χ4v) is 2.23. The first-order chi connectivity index (χ1) is 9.57. The molecule has 1 amide bonds. The summed E-state index contributed by atoms with van der Waals surface area (Å²) in [4.78, 5) is 24.5. The Kier molecular flexibility index (Phi) is 4.44. The van der Waals surface area contributed by atoms with Crippen molar-refractivity contribution in [1.29, 1.82) is 0 Å². The zero-order valence-electron chi connectivity index (χ0n) is 11.2. The molecular formula is C14H16F2N2O2. The summed E-state index contributed by atoms with van der Waals surface area (Å²) in [6, 6.07) is 1.80. The lowest BCUT2D eigenvalue weighted by Crippen LogP contribution is -2.32. The third kappa shape index (κ3) is 2.56. The summed E-state index contributed by atoms with van der Waals surface area (Å²) in [5, 5.41) is 3.14. The maximum absolute atomic E-state index is 13.8. The summed E-state index contributed by atoms with van der Waals surface area (Å²) < 4.78 is 27.3. The molecule has 0 unspecified atom stereocenters. The van der Waals surface area contributed by atoms with E-state index < -0.39 is 28.9 Å². The van der Waals surface area contributed by atoms with Crippen LogP contribution in [0.3, 0.4) is 0 Å². The molecular weight excluding hydrogens is 266 g/mol. The number of carbonyl (C=O) groups excluding carboxylic acids is 2. The van der Waals surface area contributed by atoms with Gasteiger partial charge >= 0.3 is 0 Å². The van der Waals surface area contributed by atoms with E-state index in [4.69, 9.17) is 0 Å². The maximum atomic E-state index is 13.8. The van der Waals surface area contributed by atoms with Crippen LogP contribution in [0.1, 0.15) is 30.1 Å². The number of Topliss-reactive ketones (excluding diaryl/α,β-unsaturated/α-hetero) is 1. The highest BCUT2D eigenvalue weighted by atomic mass is 19.1. The molecule has 1 heterocycles. The SMILES string of the molecule is CCCNCCCN1C(=O)C(=O)c2c(F)ccc(F)c21. The van der Waals surface area contributed by atoms with Gasteiger partial charge in [-0.2, -0.15) is 0 Å². The van der Waals surface area contributed by atoms with Gasteiger partial charge in [-0.25, -0.2) is 8.78 Å². The average molecular weight is 282 g/mol. The second-order valence-electron chi connectivity index (χ2n) is 4.64. The zero-order valence-corrected chi connectivity index (χ0v) is 11.2. The van der Waals surface area contributed by atoms with Gasteiger partial charge in [-0.15, -0.1) is 0 Å². The first-order valence-corrected chi connectivity index (χ1v) is 6.62. The van der Waals surface area contributed by atoms with Gasteiger partial charge in [0.15, 0.2) is 0 Å². The highest BCUT2D eigenvalue weighted by Gasteiger charge is 2.40. The number of hydrogen-bond donors (Lipinski definition) is 1. The minimum absolute atomic E-state index is 0.189. The van der Waals surface area contributed by atoms with Crippen molar-refractivity contribution in [3.8, 4) is 0 Å². The third-order valence-electron chi connectivity index (χ3n) is 3.18. The lowest BCUT2D eigenvalue weighted by Gasteiger charge is -2.17. The van der Waals surface area contributed by atoms with Crippen LogP contribution < -0.4 is 10.2 Å². The van der Waals surface area contributed by atoms with Crippen molar-refractivity contribution in [3.63, 3.8) is 0 Å². The predicted molar refractivity (Wildman–Crippen MR) is 70.8 cm³/mol. The topological polar surface area (TPSA) is 49.4 Å². The number of nitrogens with zero attached hydrogens (tertiary/aromatic N) is 1. The molecule has 20 heavy (non-hydrogen) atoms. The molecule has 0 radical (unpaired) electrons. The second-order valence-corrected chi connectivity index (χ2v) is 4.64. The molecule has 1 aliphatic heterocycles. The number of ketones is 1. The molecule has 0 saturated heterocycles. The van der Waals surface area contributed by atoms with Crippen LogP contribution in [0, 0.1) is 11.6 Å². The van der Waals surface area contributed by atoms with E-state index in [9.17, 15) is 18.4 Å². The van der Waals surface area contributed by atoms with E-state index in [1.165, 1.54) is 0 Å². The third-order valence-corrected chi connectivity index (χ3v) is 3.18. The minimum atomic E-state index is -0.974. The van der Waals surface area contributed by atoms with Crippen LogP contribution in [0.5, 0.6) is 0 Å². The Hall–Kier alpha value is -1.82. The molecule has 0 aliphatic carbocycles. The van der Waals surface area contributed by atoms with Crippen molar-refractivity contribution in [2.75, 3.05) is 24.5 Å². The highest BCUT2D eigenvalue weighted by Crippen LogP contribution is 2.33. The van der Waals surface area contributed by atoms with Gasteiger partial charge in [0.05, 0.1) is 11.3 Å². The smallest absolute Gasteiger partial charge is 0.299 e. The van der Waals surface area contributed by atoms with Gasteiger partial charge in [0, 0.05) is 6.54 Å². The van der Waals surface area contributed by atoms with Crippen molar-refractivity contribution in [2.45, 2.75) is 19.8 Å². The van der Waals surface area contributed by atoms with Crippen LogP contribution in [-0.2, 0) is 4.79 Å². The molecule has 4 nitrogen and oxygen atoms in total. The standard InChI is InChI=1S/C14H16F2N2O2/c1-2-6-17-7-3-8-18-12-10(16)5-4-9(15)11(12)13(19)14(18)20/h4-5,17H,2-3,6-8H2,1H3. The molecule has 0 aromatic heterocycles. The first-order valence-electron chi connectivity index (χ1n) is 6.62. The highest BCUT2D eigenvalue weighted by molar-refractivity contribution is 6.52. The lowest BCUT2D eigenvalue weighted by molar-refractivity contribution is -0.114. The Morgan fingerprint density at radius 2 is 1.85 bits per heavy atom. The minimum Gasteiger partial charge on any atom is -0.317 e. The second kappa shape index (κ2) is 6.09. The van der Waals surface area contributed by atoms with Crippen LogP contribution in [-0.4, -0.2) is 31.3 Å². The lowest BCUT2D eigenvalue weighted by atomic mass is 10.1. The van der Waals surface area contributed by atoms with E-state index in [2.05, 4.69) is 5.32 Å². The van der Waals surface area contributed by atoms with Crippen molar-refractivity contribution >= 4 is 17.4 Å². The van der Waals surface area contributed by atoms with E-state index in [0.717, 1.165) is 30.0 Å². The number of anilines is 1. The number of carbonyl (C=O) groups is 2. The Morgan fingerprint density at radius 1 is 1.15 bits per heavy atom. The van der Waals surface area contributed by atoms with E-state index in [0.29, 0.717) is 13.0 Å². The van der Waals surface area contributed by atoms with Gasteiger partial charge in [0.2, 0.25) is 0 Å². The first kappa shape index (κ1) is 14.6. The van der Waals surface area contributed by atoms with Gasteiger partial charge in [-0.05, 0) is 38.1 Å². The van der Waals surface area contributed by atoms with Gasteiger partial charge < -0.3 is 10.2 Å². The Balaban J connectivity index is 2.14. The Bertz CT molecular complexity index is 546. The molecule has 0 bridgehead atoms. The van der Waals surface area contributed by atoms with E-state index in [1.807, 2.05) is 6.92 Å². The molecule has 1 aromatic carbocycles. The molecule has 1 aliphatic rings. The van der Waals surface area contributed by atoms with Crippen LogP contribution in [0.4, 0.5) is 14.5 Å².